The van der Waals surface area contributed by atoms with E-state index in [1.165, 1.54) is 25.7 Å². The van der Waals surface area contributed by atoms with Crippen molar-refractivity contribution < 1.29 is 0 Å². The zero-order valence-electron chi connectivity index (χ0n) is 9.32. The second-order valence-corrected chi connectivity index (χ2v) is 4.60. The molecule has 0 aliphatic heterocycles. The molecule has 0 bridgehead atoms. The third-order valence-corrected chi connectivity index (χ3v) is 3.24. The van der Waals surface area contributed by atoms with Crippen LogP contribution in [-0.4, -0.2) is 24.7 Å². The van der Waals surface area contributed by atoms with Crippen molar-refractivity contribution in [3.05, 3.63) is 0 Å². The van der Waals surface area contributed by atoms with Gasteiger partial charge in [0.15, 0.2) is 0 Å². The maximum Gasteiger partial charge on any atom is 0.0153 e. The second kappa shape index (κ2) is 4.97. The van der Waals surface area contributed by atoms with Crippen LogP contribution >= 0.6 is 0 Å². The summed E-state index contributed by atoms with van der Waals surface area (Å²) in [4.78, 5) is 0. The molecule has 1 atom stereocenters. The van der Waals surface area contributed by atoms with E-state index in [9.17, 15) is 0 Å². The number of hydrogen-bond donors (Lipinski definition) is 2. The van der Waals surface area contributed by atoms with Crippen LogP contribution in [0, 0.1) is 0 Å². The Morgan fingerprint density at radius 1 is 1.31 bits per heavy atom. The minimum absolute atomic E-state index is 0.469. The lowest BCUT2D eigenvalue weighted by Crippen LogP contribution is -2.50. The highest BCUT2D eigenvalue weighted by Crippen LogP contribution is 2.30. The van der Waals surface area contributed by atoms with Gasteiger partial charge in [0.25, 0.3) is 0 Å². The maximum atomic E-state index is 3.61. The van der Waals surface area contributed by atoms with E-state index < -0.39 is 0 Å². The first-order chi connectivity index (χ1) is 6.16. The van der Waals surface area contributed by atoms with Crippen LogP contribution in [0.4, 0.5) is 0 Å². The maximum absolute atomic E-state index is 3.61. The van der Waals surface area contributed by atoms with E-state index in [-0.39, 0.29) is 0 Å². The van der Waals surface area contributed by atoms with Gasteiger partial charge in [-0.05, 0) is 39.5 Å². The summed E-state index contributed by atoms with van der Waals surface area (Å²) in [6, 6.07) is 0.663. The van der Waals surface area contributed by atoms with Crippen molar-refractivity contribution in [1.82, 2.24) is 10.6 Å². The average Bonchev–Trinajstić information content (AvgIpc) is 2.09. The summed E-state index contributed by atoms with van der Waals surface area (Å²) in [6.07, 6.45) is 5.34. The molecule has 1 aliphatic rings. The highest BCUT2D eigenvalue weighted by molar-refractivity contribution is 4.91. The fraction of sp³-hybridized carbons (Fsp3) is 1.00. The second-order valence-electron chi connectivity index (χ2n) is 4.60. The molecule has 0 aromatic carbocycles. The van der Waals surface area contributed by atoms with Crippen molar-refractivity contribution in [2.24, 2.45) is 0 Å². The van der Waals surface area contributed by atoms with Crippen molar-refractivity contribution in [1.29, 1.82) is 0 Å². The van der Waals surface area contributed by atoms with Crippen LogP contribution in [-0.2, 0) is 0 Å². The summed E-state index contributed by atoms with van der Waals surface area (Å²) in [5, 5.41) is 7.10. The molecule has 78 valence electrons. The van der Waals surface area contributed by atoms with Crippen LogP contribution in [0.5, 0.6) is 0 Å². The molecule has 13 heavy (non-hydrogen) atoms. The molecule has 0 heterocycles. The predicted molar refractivity (Wildman–Crippen MR) is 58.0 cm³/mol. The summed E-state index contributed by atoms with van der Waals surface area (Å²) in [5.41, 5.74) is 0.469. The van der Waals surface area contributed by atoms with E-state index in [4.69, 9.17) is 0 Å². The lowest BCUT2D eigenvalue weighted by atomic mass is 9.78. The fourth-order valence-corrected chi connectivity index (χ4v) is 1.71. The van der Waals surface area contributed by atoms with Gasteiger partial charge in [0, 0.05) is 24.7 Å². The number of hydrogen-bond acceptors (Lipinski definition) is 2. The Balaban J connectivity index is 1.94. The molecule has 2 heteroatoms. The van der Waals surface area contributed by atoms with Crippen molar-refractivity contribution >= 4 is 0 Å². The first kappa shape index (κ1) is 11.0. The van der Waals surface area contributed by atoms with E-state index >= 15 is 0 Å². The van der Waals surface area contributed by atoms with E-state index in [0.29, 0.717) is 11.6 Å². The molecule has 0 amide bonds. The van der Waals surface area contributed by atoms with Gasteiger partial charge in [-0.25, -0.2) is 0 Å². The van der Waals surface area contributed by atoms with Crippen molar-refractivity contribution in [2.45, 2.75) is 58.0 Å². The Kier molecular flexibility index (Phi) is 4.20. The van der Waals surface area contributed by atoms with Gasteiger partial charge in [-0.1, -0.05) is 6.92 Å². The minimum atomic E-state index is 0.469. The lowest BCUT2D eigenvalue weighted by molar-refractivity contribution is 0.209. The van der Waals surface area contributed by atoms with Gasteiger partial charge in [-0.2, -0.15) is 0 Å². The summed E-state index contributed by atoms with van der Waals surface area (Å²) >= 11 is 0. The molecule has 1 fully saturated rings. The highest BCUT2D eigenvalue weighted by Gasteiger charge is 2.30. The molecule has 2 N–H and O–H groups in total. The molecule has 0 radical (unpaired) electrons. The van der Waals surface area contributed by atoms with Crippen LogP contribution in [0.25, 0.3) is 0 Å². The lowest BCUT2D eigenvalue weighted by Gasteiger charge is -2.39. The molecule has 1 aliphatic carbocycles. The number of nitrogens with one attached hydrogen (secondary N) is 2. The summed E-state index contributed by atoms with van der Waals surface area (Å²) in [5.74, 6) is 0. The van der Waals surface area contributed by atoms with Gasteiger partial charge in [0.1, 0.15) is 0 Å². The molecular formula is C11H24N2. The van der Waals surface area contributed by atoms with Crippen molar-refractivity contribution in [2.75, 3.05) is 13.1 Å². The molecule has 1 unspecified atom stereocenters. The van der Waals surface area contributed by atoms with Gasteiger partial charge in [-0.3, -0.25) is 0 Å². The first-order valence-corrected chi connectivity index (χ1v) is 5.65. The van der Waals surface area contributed by atoms with Gasteiger partial charge < -0.3 is 10.6 Å². The Bertz CT molecular complexity index is 141. The third-order valence-electron chi connectivity index (χ3n) is 3.24. The highest BCUT2D eigenvalue weighted by atomic mass is 15.0. The summed E-state index contributed by atoms with van der Waals surface area (Å²) in [6.45, 7) is 9.01. The van der Waals surface area contributed by atoms with Crippen LogP contribution < -0.4 is 10.6 Å². The smallest absolute Gasteiger partial charge is 0.0153 e. The Morgan fingerprint density at radius 3 is 2.46 bits per heavy atom. The molecule has 0 spiro atoms. The monoisotopic (exact) mass is 184 g/mol. The van der Waals surface area contributed by atoms with Crippen molar-refractivity contribution in [3.63, 3.8) is 0 Å². The Labute approximate surface area is 82.5 Å². The molecule has 1 rings (SSSR count). The number of rotatable bonds is 6. The zero-order chi connectivity index (χ0) is 9.73. The van der Waals surface area contributed by atoms with E-state index in [1.807, 2.05) is 0 Å². The fourth-order valence-electron chi connectivity index (χ4n) is 1.71. The largest absolute Gasteiger partial charge is 0.313 e. The van der Waals surface area contributed by atoms with E-state index in [2.05, 4.69) is 31.4 Å². The van der Waals surface area contributed by atoms with Crippen molar-refractivity contribution in [3.8, 4) is 0 Å². The molecule has 0 saturated heterocycles. The van der Waals surface area contributed by atoms with E-state index in [0.717, 1.165) is 13.1 Å². The van der Waals surface area contributed by atoms with Gasteiger partial charge in [-0.15, -0.1) is 0 Å². The average molecular weight is 184 g/mol. The molecule has 0 aromatic rings. The van der Waals surface area contributed by atoms with Gasteiger partial charge >= 0.3 is 0 Å². The van der Waals surface area contributed by atoms with Crippen LogP contribution in [0.1, 0.15) is 46.5 Å². The standard InChI is InChI=1S/C11H24N2/c1-4-10(2)12-8-9-13-11(3)6-5-7-11/h10,12-13H,4-9H2,1-3H3. The SMILES string of the molecule is CCC(C)NCCNC1(C)CCC1. The minimum Gasteiger partial charge on any atom is -0.313 e. The van der Waals surface area contributed by atoms with Crippen LogP contribution in [0.15, 0.2) is 0 Å². The normalized spacial score (nSPS) is 22.4. The third kappa shape index (κ3) is 3.65. The first-order valence-electron chi connectivity index (χ1n) is 5.65. The van der Waals surface area contributed by atoms with Crippen LogP contribution in [0.3, 0.4) is 0 Å². The van der Waals surface area contributed by atoms with Gasteiger partial charge in [0.2, 0.25) is 0 Å². The topological polar surface area (TPSA) is 24.1 Å². The zero-order valence-corrected chi connectivity index (χ0v) is 9.32. The molecule has 0 aromatic heterocycles. The molecule has 1 saturated carbocycles. The quantitative estimate of drug-likeness (QED) is 0.616. The van der Waals surface area contributed by atoms with Crippen LogP contribution in [0.2, 0.25) is 0 Å². The summed E-state index contributed by atoms with van der Waals surface area (Å²) in [7, 11) is 0. The Hall–Kier alpha value is -0.0800. The summed E-state index contributed by atoms with van der Waals surface area (Å²) < 4.78 is 0. The molecule has 2 nitrogen and oxygen atoms in total. The predicted octanol–water partition coefficient (Wildman–Crippen LogP) is 1.91. The van der Waals surface area contributed by atoms with Gasteiger partial charge in [0.05, 0.1) is 0 Å². The molecular weight excluding hydrogens is 160 g/mol. The van der Waals surface area contributed by atoms with E-state index in [1.54, 1.807) is 0 Å². The Morgan fingerprint density at radius 2 is 2.00 bits per heavy atom.